The predicted molar refractivity (Wildman–Crippen MR) is 100 cm³/mol. The standard InChI is InChI=1S/C21H32O4/c1-3-4-9-13-18(21(24)25-2)20-17(14-15-19(20)23)12-10-7-5-6-8-11-16-22/h10,12-15,17,20,22H,3-9,11,16H2,1-2H3/b12-10+,18-13?/t17-,20?/m1/s1. The number of aliphatic hydroxyl groups excluding tert-OH is 1. The van der Waals surface area contributed by atoms with Gasteiger partial charge in [-0.25, -0.2) is 4.79 Å². The molecule has 1 N–H and O–H groups in total. The summed E-state index contributed by atoms with van der Waals surface area (Å²) in [6.45, 7) is 2.35. The molecule has 0 aliphatic heterocycles. The van der Waals surface area contributed by atoms with Gasteiger partial charge >= 0.3 is 5.97 Å². The van der Waals surface area contributed by atoms with Crippen LogP contribution in [-0.4, -0.2) is 30.6 Å². The van der Waals surface area contributed by atoms with Gasteiger partial charge in [-0.05, 0) is 31.8 Å². The molecule has 0 heterocycles. The second-order valence-corrected chi connectivity index (χ2v) is 6.46. The molecule has 0 aromatic heterocycles. The number of carbonyl (C=O) groups excluding carboxylic acids is 2. The molecule has 0 saturated heterocycles. The van der Waals surface area contributed by atoms with Crippen molar-refractivity contribution in [2.45, 2.75) is 58.3 Å². The first kappa shape index (κ1) is 21.4. The number of carbonyl (C=O) groups is 2. The summed E-state index contributed by atoms with van der Waals surface area (Å²) in [4.78, 5) is 24.4. The number of rotatable bonds is 12. The van der Waals surface area contributed by atoms with Gasteiger partial charge in [0.05, 0.1) is 13.0 Å². The lowest BCUT2D eigenvalue weighted by molar-refractivity contribution is -0.138. The number of esters is 1. The van der Waals surface area contributed by atoms with Crippen molar-refractivity contribution in [2.24, 2.45) is 11.8 Å². The molecule has 0 aromatic carbocycles. The SMILES string of the molecule is CCCCC=C(C(=O)OC)C1C(=O)C=C[C@H]1/C=C/CCCCCCO. The van der Waals surface area contributed by atoms with Gasteiger partial charge < -0.3 is 9.84 Å². The van der Waals surface area contributed by atoms with E-state index in [1.165, 1.54) is 7.11 Å². The Hall–Kier alpha value is -1.68. The zero-order valence-electron chi connectivity index (χ0n) is 15.6. The number of aliphatic hydroxyl groups is 1. The van der Waals surface area contributed by atoms with E-state index in [4.69, 9.17) is 9.84 Å². The number of ketones is 1. The lowest BCUT2D eigenvalue weighted by Crippen LogP contribution is -2.23. The average molecular weight is 348 g/mol. The molecule has 25 heavy (non-hydrogen) atoms. The maximum Gasteiger partial charge on any atom is 0.334 e. The number of allylic oxidation sites excluding steroid dienone is 5. The highest BCUT2D eigenvalue weighted by molar-refractivity contribution is 6.04. The van der Waals surface area contributed by atoms with Gasteiger partial charge in [0.2, 0.25) is 0 Å². The fourth-order valence-corrected chi connectivity index (χ4v) is 3.04. The fraction of sp³-hybridized carbons (Fsp3) is 0.619. The van der Waals surface area contributed by atoms with E-state index in [1.807, 2.05) is 18.2 Å². The third-order valence-electron chi connectivity index (χ3n) is 4.49. The molecule has 1 unspecified atom stereocenters. The molecular weight excluding hydrogens is 316 g/mol. The van der Waals surface area contributed by atoms with Crippen molar-refractivity contribution < 1.29 is 19.4 Å². The van der Waals surface area contributed by atoms with Gasteiger partial charge in [-0.15, -0.1) is 0 Å². The number of unbranched alkanes of at least 4 members (excludes halogenated alkanes) is 6. The Morgan fingerprint density at radius 2 is 1.96 bits per heavy atom. The second-order valence-electron chi connectivity index (χ2n) is 6.46. The molecular formula is C21H32O4. The van der Waals surface area contributed by atoms with Crippen molar-refractivity contribution in [1.82, 2.24) is 0 Å². The van der Waals surface area contributed by atoms with Gasteiger partial charge in [0.15, 0.2) is 5.78 Å². The Labute approximate surface area is 151 Å². The Bertz CT molecular complexity index is 502. The topological polar surface area (TPSA) is 63.6 Å². The first-order valence-corrected chi connectivity index (χ1v) is 9.43. The summed E-state index contributed by atoms with van der Waals surface area (Å²) in [7, 11) is 1.36. The smallest absolute Gasteiger partial charge is 0.334 e. The van der Waals surface area contributed by atoms with E-state index in [1.54, 1.807) is 6.08 Å². The Morgan fingerprint density at radius 3 is 2.64 bits per heavy atom. The molecule has 0 amide bonds. The largest absolute Gasteiger partial charge is 0.466 e. The van der Waals surface area contributed by atoms with Crippen LogP contribution in [0.1, 0.15) is 58.3 Å². The van der Waals surface area contributed by atoms with Crippen LogP contribution in [0.15, 0.2) is 36.0 Å². The van der Waals surface area contributed by atoms with Gasteiger partial charge in [0.25, 0.3) is 0 Å². The lowest BCUT2D eigenvalue weighted by Gasteiger charge is -2.17. The van der Waals surface area contributed by atoms with E-state index < -0.39 is 11.9 Å². The van der Waals surface area contributed by atoms with Crippen LogP contribution in [0.2, 0.25) is 0 Å². The molecule has 4 heteroatoms. The summed E-state index contributed by atoms with van der Waals surface area (Å²) in [6.07, 6.45) is 17.3. The number of ether oxygens (including phenoxy) is 1. The third-order valence-corrected chi connectivity index (χ3v) is 4.49. The van der Waals surface area contributed by atoms with E-state index in [0.29, 0.717) is 5.57 Å². The van der Waals surface area contributed by atoms with Gasteiger partial charge in [-0.3, -0.25) is 4.79 Å². The third kappa shape index (κ3) is 7.39. The van der Waals surface area contributed by atoms with Crippen LogP contribution >= 0.6 is 0 Å². The van der Waals surface area contributed by atoms with Crippen LogP contribution in [0.5, 0.6) is 0 Å². The summed E-state index contributed by atoms with van der Waals surface area (Å²) < 4.78 is 4.90. The number of hydrogen-bond acceptors (Lipinski definition) is 4. The van der Waals surface area contributed by atoms with Crippen molar-refractivity contribution in [3.8, 4) is 0 Å². The summed E-state index contributed by atoms with van der Waals surface area (Å²) in [5.41, 5.74) is 0.489. The Kier molecular flexibility index (Phi) is 10.8. The van der Waals surface area contributed by atoms with Gasteiger partial charge in [-0.1, -0.05) is 56.9 Å². The number of hydrogen-bond donors (Lipinski definition) is 1. The van der Waals surface area contributed by atoms with Crippen LogP contribution in [0.4, 0.5) is 0 Å². The minimum Gasteiger partial charge on any atom is -0.466 e. The molecule has 4 nitrogen and oxygen atoms in total. The van der Waals surface area contributed by atoms with Gasteiger partial charge in [-0.2, -0.15) is 0 Å². The molecule has 1 aliphatic carbocycles. The minimum atomic E-state index is -0.449. The highest BCUT2D eigenvalue weighted by Gasteiger charge is 2.35. The Morgan fingerprint density at radius 1 is 1.20 bits per heavy atom. The quantitative estimate of drug-likeness (QED) is 0.249. The van der Waals surface area contributed by atoms with Gasteiger partial charge in [0, 0.05) is 18.1 Å². The van der Waals surface area contributed by atoms with Crippen LogP contribution in [0.25, 0.3) is 0 Å². The van der Waals surface area contributed by atoms with E-state index >= 15 is 0 Å². The highest BCUT2D eigenvalue weighted by Crippen LogP contribution is 2.31. The van der Waals surface area contributed by atoms with Crippen molar-refractivity contribution in [2.75, 3.05) is 13.7 Å². The number of methoxy groups -OCH3 is 1. The van der Waals surface area contributed by atoms with Crippen molar-refractivity contribution in [3.63, 3.8) is 0 Å². The molecule has 0 radical (unpaired) electrons. The summed E-state index contributed by atoms with van der Waals surface area (Å²) in [5.74, 6) is -0.946. The normalized spacial score (nSPS) is 20.6. The fourth-order valence-electron chi connectivity index (χ4n) is 3.04. The van der Waals surface area contributed by atoms with Crippen molar-refractivity contribution in [3.05, 3.63) is 36.0 Å². The van der Waals surface area contributed by atoms with E-state index in [2.05, 4.69) is 13.0 Å². The van der Waals surface area contributed by atoms with Crippen LogP contribution in [0, 0.1) is 11.8 Å². The zero-order valence-corrected chi connectivity index (χ0v) is 15.6. The Balaban J connectivity index is 2.68. The summed E-state index contributed by atoms with van der Waals surface area (Å²) in [6, 6.07) is 0. The summed E-state index contributed by atoms with van der Waals surface area (Å²) in [5, 5.41) is 8.76. The minimum absolute atomic E-state index is 0.0225. The second kappa shape index (κ2) is 12.6. The molecule has 140 valence electrons. The zero-order chi connectivity index (χ0) is 18.5. The molecule has 0 fully saturated rings. The van der Waals surface area contributed by atoms with E-state index in [-0.39, 0.29) is 18.3 Å². The average Bonchev–Trinajstić information content (AvgIpc) is 2.98. The molecule has 0 saturated carbocycles. The van der Waals surface area contributed by atoms with Crippen molar-refractivity contribution >= 4 is 11.8 Å². The molecule has 0 bridgehead atoms. The van der Waals surface area contributed by atoms with Crippen LogP contribution in [-0.2, 0) is 14.3 Å². The summed E-state index contributed by atoms with van der Waals surface area (Å²) >= 11 is 0. The first-order chi connectivity index (χ1) is 12.2. The van der Waals surface area contributed by atoms with E-state index in [0.717, 1.165) is 51.4 Å². The molecule has 2 atom stereocenters. The molecule has 0 aromatic rings. The molecule has 1 rings (SSSR count). The highest BCUT2D eigenvalue weighted by atomic mass is 16.5. The maximum atomic E-state index is 12.3. The van der Waals surface area contributed by atoms with Crippen LogP contribution in [0.3, 0.4) is 0 Å². The first-order valence-electron chi connectivity index (χ1n) is 9.43. The molecule has 1 aliphatic rings. The lowest BCUT2D eigenvalue weighted by atomic mass is 9.86. The van der Waals surface area contributed by atoms with E-state index in [9.17, 15) is 9.59 Å². The maximum absolute atomic E-state index is 12.3. The molecule has 0 spiro atoms. The van der Waals surface area contributed by atoms with Crippen LogP contribution < -0.4 is 0 Å². The predicted octanol–water partition coefficient (Wildman–Crippen LogP) is 4.15. The van der Waals surface area contributed by atoms with Gasteiger partial charge in [0.1, 0.15) is 0 Å². The monoisotopic (exact) mass is 348 g/mol. The van der Waals surface area contributed by atoms with Crippen molar-refractivity contribution in [1.29, 1.82) is 0 Å².